The summed E-state index contributed by atoms with van der Waals surface area (Å²) < 4.78 is 44.5. The molecule has 2 aliphatic rings. The summed E-state index contributed by atoms with van der Waals surface area (Å²) >= 11 is 1.57. The van der Waals surface area contributed by atoms with Gasteiger partial charge in [-0.3, -0.25) is 29.0 Å². The summed E-state index contributed by atoms with van der Waals surface area (Å²) in [6.45, 7) is 10.7. The minimum absolute atomic E-state index is 0.0297. The number of amides is 5. The Hall–Kier alpha value is -9.46. The lowest BCUT2D eigenvalue weighted by Gasteiger charge is -2.35. The molecule has 0 unspecified atom stereocenters. The Morgan fingerprint density at radius 1 is 0.844 bits per heavy atom. The highest BCUT2D eigenvalue weighted by Crippen LogP contribution is 2.38. The molecule has 0 bridgehead atoms. The highest BCUT2D eigenvalue weighted by molar-refractivity contribution is 7.13. The number of halogens is 3. The van der Waals surface area contributed by atoms with Gasteiger partial charge in [0.2, 0.25) is 29.5 Å². The smallest absolute Gasteiger partial charge is 0.406 e. The fourth-order valence-corrected chi connectivity index (χ4v) is 12.2. The molecule has 4 atom stereocenters. The number of thiazole rings is 1. The van der Waals surface area contributed by atoms with Gasteiger partial charge in [0.1, 0.15) is 35.6 Å². The van der Waals surface area contributed by atoms with Gasteiger partial charge in [-0.2, -0.15) is 0 Å². The first-order valence-corrected chi connectivity index (χ1v) is 30.7. The monoisotopic (exact) mass is 1240 g/mol. The van der Waals surface area contributed by atoms with Crippen LogP contribution in [0.5, 0.6) is 5.75 Å². The zero-order valence-electron chi connectivity index (χ0n) is 50.6. The van der Waals surface area contributed by atoms with Crippen LogP contribution in [0.1, 0.15) is 104 Å². The molecule has 0 spiro atoms. The number of β-amino-alcohol motifs (C(OH)–C–C–N with tert-alkyl or cyclic N) is 1. The number of nitrogen functional groups attached to an aromatic ring is 1. The summed E-state index contributed by atoms with van der Waals surface area (Å²) in [6, 6.07) is 28.2. The molecule has 1 saturated heterocycles. The van der Waals surface area contributed by atoms with E-state index in [0.717, 1.165) is 55.2 Å². The number of alkyl halides is 3. The van der Waals surface area contributed by atoms with Gasteiger partial charge in [-0.05, 0) is 127 Å². The number of rotatable bonds is 20. The van der Waals surface area contributed by atoms with Crippen LogP contribution in [0, 0.1) is 24.2 Å². The number of aromatic nitrogens is 5. The van der Waals surface area contributed by atoms with Crippen LogP contribution in [0.4, 0.5) is 24.7 Å². The SMILES string of the molecule is Cc1ncsc1-c1ccc([C@H](C)NC(=O)[C@@H]2C[C@@H](O)CN2C(=O)[C@@H](NC(=O)CCc2ccc(C#Cc3ccc(CCC(=O)NCCCn4cc(-c5ccc6c(c5)CCN6C(=O)Cc5cccc(OC(F)(F)F)c5)c5c(N)ncnc54)cc3)cn2)C(C)(C)C)cc1. The summed E-state index contributed by atoms with van der Waals surface area (Å²) in [6.07, 6.45) is 1.68. The Labute approximate surface area is 523 Å². The minimum atomic E-state index is -4.84. The third kappa shape index (κ3) is 15.7. The second-order valence-electron chi connectivity index (χ2n) is 23.8. The number of anilines is 2. The Kier molecular flexibility index (Phi) is 19.4. The van der Waals surface area contributed by atoms with Crippen molar-refractivity contribution in [2.24, 2.45) is 5.41 Å². The summed E-state index contributed by atoms with van der Waals surface area (Å²) in [7, 11) is 0. The van der Waals surface area contributed by atoms with Gasteiger partial charge in [0.05, 0.1) is 40.0 Å². The molecule has 5 amide bonds. The number of carbonyl (C=O) groups is 5. The summed E-state index contributed by atoms with van der Waals surface area (Å²) in [5, 5.41) is 20.4. The number of pyridine rings is 1. The molecular formula is C68H70F3N11O7S. The minimum Gasteiger partial charge on any atom is -0.406 e. The number of nitrogens with two attached hydrogens (primary N) is 1. The fraction of sp³-hybridized carbons (Fsp3) is 0.338. The average Bonchev–Trinajstić information content (AvgIpc) is 1.91. The zero-order valence-corrected chi connectivity index (χ0v) is 51.4. The molecule has 22 heteroatoms. The molecule has 8 aromatic rings. The number of aliphatic hydroxyl groups is 1. The maximum atomic E-state index is 14.2. The van der Waals surface area contributed by atoms with E-state index in [1.165, 1.54) is 29.4 Å². The van der Waals surface area contributed by atoms with Crippen molar-refractivity contribution in [1.82, 2.24) is 45.4 Å². The van der Waals surface area contributed by atoms with E-state index in [0.29, 0.717) is 85.4 Å². The highest BCUT2D eigenvalue weighted by Gasteiger charge is 2.45. The topological polar surface area (TPSA) is 240 Å². The van der Waals surface area contributed by atoms with Gasteiger partial charge in [0.25, 0.3) is 0 Å². The van der Waals surface area contributed by atoms with E-state index in [9.17, 15) is 42.3 Å². The molecule has 6 N–H and O–H groups in total. The number of hydrogen-bond donors (Lipinski definition) is 5. The molecule has 0 aliphatic carbocycles. The van der Waals surface area contributed by atoms with E-state index in [1.807, 2.05) is 130 Å². The van der Waals surface area contributed by atoms with Crippen LogP contribution in [-0.2, 0) is 56.2 Å². The molecule has 18 nitrogen and oxygen atoms in total. The molecule has 0 saturated carbocycles. The molecule has 10 rings (SSSR count). The van der Waals surface area contributed by atoms with Crippen LogP contribution in [0.3, 0.4) is 0 Å². The number of nitrogens with zero attached hydrogens (tertiary/aromatic N) is 7. The van der Waals surface area contributed by atoms with Crippen molar-refractivity contribution in [3.63, 3.8) is 0 Å². The van der Waals surface area contributed by atoms with Crippen LogP contribution >= 0.6 is 11.3 Å². The Balaban J connectivity index is 0.654. The summed E-state index contributed by atoms with van der Waals surface area (Å²) in [5.41, 5.74) is 17.9. The first-order chi connectivity index (χ1) is 43.0. The lowest BCUT2D eigenvalue weighted by atomic mass is 9.85. The molecule has 90 heavy (non-hydrogen) atoms. The lowest BCUT2D eigenvalue weighted by Crippen LogP contribution is -2.57. The molecular weight excluding hydrogens is 1170 g/mol. The molecule has 4 aromatic carbocycles. The van der Waals surface area contributed by atoms with Crippen LogP contribution in [0.2, 0.25) is 0 Å². The maximum absolute atomic E-state index is 14.2. The van der Waals surface area contributed by atoms with Crippen molar-refractivity contribution in [3.8, 4) is 39.2 Å². The van der Waals surface area contributed by atoms with Gasteiger partial charge in [-0.25, -0.2) is 15.0 Å². The van der Waals surface area contributed by atoms with E-state index < -0.39 is 35.9 Å². The number of nitrogens with one attached hydrogen (secondary N) is 3. The number of benzene rings is 4. The Morgan fingerprint density at radius 3 is 2.31 bits per heavy atom. The largest absolute Gasteiger partial charge is 0.573 e. The second-order valence-corrected chi connectivity index (χ2v) is 24.6. The molecule has 6 heterocycles. The van der Waals surface area contributed by atoms with Crippen molar-refractivity contribution in [3.05, 3.63) is 172 Å². The Morgan fingerprint density at radius 2 is 1.59 bits per heavy atom. The third-order valence-corrected chi connectivity index (χ3v) is 17.1. The second kappa shape index (κ2) is 27.5. The van der Waals surface area contributed by atoms with Crippen LogP contribution in [0.15, 0.2) is 127 Å². The molecule has 1 fully saturated rings. The quantitative estimate of drug-likeness (QED) is 0.0354. The number of aryl methyl sites for hydroxylation is 4. The lowest BCUT2D eigenvalue weighted by molar-refractivity contribution is -0.274. The summed E-state index contributed by atoms with van der Waals surface area (Å²) in [4.78, 5) is 89.6. The zero-order chi connectivity index (χ0) is 63.9. The van der Waals surface area contributed by atoms with Crippen LogP contribution in [0.25, 0.3) is 32.6 Å². The first kappa shape index (κ1) is 63.6. The van der Waals surface area contributed by atoms with E-state index >= 15 is 0 Å². The molecule has 0 radical (unpaired) electrons. The van der Waals surface area contributed by atoms with Gasteiger partial charge in [-0.15, -0.1) is 24.5 Å². The Bertz CT molecular complexity index is 4000. The predicted octanol–water partition coefficient (Wildman–Crippen LogP) is 9.38. The number of carbonyl (C=O) groups excluding carboxylic acids is 5. The van der Waals surface area contributed by atoms with Crippen molar-refractivity contribution in [1.29, 1.82) is 0 Å². The van der Waals surface area contributed by atoms with Gasteiger partial charge < -0.3 is 45.9 Å². The normalized spacial score (nSPS) is 15.4. The van der Waals surface area contributed by atoms with Crippen molar-refractivity contribution in [2.75, 3.05) is 30.3 Å². The van der Waals surface area contributed by atoms with Crippen LogP contribution < -0.4 is 31.3 Å². The number of hydrogen-bond acceptors (Lipinski definition) is 13. The predicted molar refractivity (Wildman–Crippen MR) is 338 cm³/mol. The summed E-state index contributed by atoms with van der Waals surface area (Å²) in [5.74, 6) is 4.74. The maximum Gasteiger partial charge on any atom is 0.573 e. The standard InChI is InChI=1S/C68H70F3N11O7S/c1-41(47-18-20-48(21-19-47)61-42(2)77-40-90-61)78-65(87)56-35-52(83)37-82(56)66(88)62(67(3,4)5)79-58(85)27-24-51-23-16-45(36-74-51)15-14-43-10-12-44(13-11-43)17-26-57(84)73-29-7-30-80-38-54(60-63(72)75-39-76-64(60)80)49-22-25-55-50(34-49)28-31-81(55)59(86)33-46-8-6-9-53(32-46)89-68(69,70)71/h6,8-13,16,18-23,25,32,34,36,38-41,52,56,62,83H,7,17,24,26-31,33,35,37H2,1-5H3,(H,73,84)(H,78,87)(H,79,85)(H2,72,75,76)/t41-,52+,56-,62+/m0/s1. The van der Waals surface area contributed by atoms with E-state index in [-0.39, 0.29) is 61.2 Å². The van der Waals surface area contributed by atoms with E-state index in [2.05, 4.69) is 52.5 Å². The average molecular weight is 1240 g/mol. The van der Waals surface area contributed by atoms with E-state index in [4.69, 9.17) is 5.73 Å². The van der Waals surface area contributed by atoms with Crippen LogP contribution in [-0.4, -0.2) is 108 Å². The molecule has 466 valence electrons. The van der Waals surface area contributed by atoms with Crippen molar-refractivity contribution in [2.45, 2.75) is 123 Å². The van der Waals surface area contributed by atoms with Gasteiger partial charge in [-0.1, -0.05) is 87.2 Å². The highest BCUT2D eigenvalue weighted by atomic mass is 32.1. The number of likely N-dealkylation sites (tertiary alicyclic amines) is 1. The fourth-order valence-electron chi connectivity index (χ4n) is 11.3. The van der Waals surface area contributed by atoms with Gasteiger partial charge in [0.15, 0.2) is 0 Å². The van der Waals surface area contributed by atoms with Crippen molar-refractivity contribution < 1.29 is 47.0 Å². The van der Waals surface area contributed by atoms with E-state index in [1.54, 1.807) is 28.5 Å². The molecule has 2 aliphatic heterocycles. The molecule has 4 aromatic heterocycles. The first-order valence-electron chi connectivity index (χ1n) is 29.8. The number of fused-ring (bicyclic) bond motifs is 2. The van der Waals surface area contributed by atoms with Crippen molar-refractivity contribution >= 4 is 63.4 Å². The van der Waals surface area contributed by atoms with Gasteiger partial charge in [0, 0.05) is 85.9 Å². The number of aliphatic hydroxyl groups excluding tert-OH is 1. The number of ether oxygens (including phenoxy) is 1. The third-order valence-electron chi connectivity index (χ3n) is 16.1. The van der Waals surface area contributed by atoms with Gasteiger partial charge >= 0.3 is 6.36 Å².